The summed E-state index contributed by atoms with van der Waals surface area (Å²) < 4.78 is 5.30. The summed E-state index contributed by atoms with van der Waals surface area (Å²) in [6.07, 6.45) is 0. The lowest BCUT2D eigenvalue weighted by atomic mass is 10.00. The number of aliphatic imine (C=N–C) groups is 1. The van der Waals surface area contributed by atoms with E-state index in [1.165, 1.54) is 4.90 Å². The van der Waals surface area contributed by atoms with Crippen LogP contribution in [0.1, 0.15) is 11.1 Å². The Balaban J connectivity index is 2.29. The van der Waals surface area contributed by atoms with Crippen molar-refractivity contribution in [2.24, 2.45) is 4.99 Å². The average molecular weight is 349 g/mol. The van der Waals surface area contributed by atoms with Crippen LogP contribution in [-0.4, -0.2) is 31.3 Å². The van der Waals surface area contributed by atoms with E-state index in [0.29, 0.717) is 22.2 Å². The molecular formula is C17H14Cl2N2O2. The van der Waals surface area contributed by atoms with Crippen LogP contribution in [0, 0.1) is 0 Å². The zero-order valence-electron chi connectivity index (χ0n) is 12.6. The summed E-state index contributed by atoms with van der Waals surface area (Å²) in [6.45, 7) is 0. The van der Waals surface area contributed by atoms with Crippen molar-refractivity contribution < 1.29 is 9.53 Å². The first kappa shape index (κ1) is 15.8. The minimum atomic E-state index is -1.01. The van der Waals surface area contributed by atoms with Gasteiger partial charge in [0.05, 0.1) is 18.5 Å². The molecule has 23 heavy (non-hydrogen) atoms. The van der Waals surface area contributed by atoms with Gasteiger partial charge < -0.3 is 9.64 Å². The summed E-state index contributed by atoms with van der Waals surface area (Å²) in [5.74, 6) is 0.373. The van der Waals surface area contributed by atoms with Crippen molar-refractivity contribution in [3.8, 4) is 5.75 Å². The zero-order chi connectivity index (χ0) is 16.6. The number of fused-ring (bicyclic) bond motifs is 1. The van der Waals surface area contributed by atoms with Crippen LogP contribution >= 0.6 is 23.2 Å². The molecule has 1 aliphatic rings. The second kappa shape index (κ2) is 6.22. The molecule has 0 saturated heterocycles. The number of methoxy groups -OCH3 is 1. The Morgan fingerprint density at radius 2 is 1.91 bits per heavy atom. The highest BCUT2D eigenvalue weighted by Gasteiger charge is 2.29. The summed E-state index contributed by atoms with van der Waals surface area (Å²) >= 11 is 12.5. The smallest absolute Gasteiger partial charge is 0.266 e. The number of likely N-dealkylation sites (N-methyl/N-ethyl adjacent to an activating group) is 1. The molecule has 0 saturated carbocycles. The lowest BCUT2D eigenvalue weighted by molar-refractivity contribution is -0.117. The highest BCUT2D eigenvalue weighted by molar-refractivity contribution is 6.38. The number of anilines is 1. The summed E-state index contributed by atoms with van der Waals surface area (Å²) in [5, 5.41) is 0.542. The van der Waals surface area contributed by atoms with E-state index < -0.39 is 5.50 Å². The topological polar surface area (TPSA) is 41.9 Å². The number of hydrogen-bond acceptors (Lipinski definition) is 3. The van der Waals surface area contributed by atoms with Crippen molar-refractivity contribution >= 4 is 40.5 Å². The third-order valence-corrected chi connectivity index (χ3v) is 4.34. The number of rotatable bonds is 2. The summed E-state index contributed by atoms with van der Waals surface area (Å²) in [7, 11) is 3.26. The number of benzodiazepines with no additional fused rings is 1. The van der Waals surface area contributed by atoms with E-state index in [1.807, 2.05) is 30.3 Å². The van der Waals surface area contributed by atoms with Gasteiger partial charge in [0.1, 0.15) is 5.75 Å². The van der Waals surface area contributed by atoms with Gasteiger partial charge in [-0.2, -0.15) is 0 Å². The third kappa shape index (κ3) is 2.80. The monoisotopic (exact) mass is 348 g/mol. The van der Waals surface area contributed by atoms with Gasteiger partial charge in [0.15, 0.2) is 0 Å². The Morgan fingerprint density at radius 3 is 2.61 bits per heavy atom. The fourth-order valence-electron chi connectivity index (χ4n) is 2.51. The van der Waals surface area contributed by atoms with Crippen molar-refractivity contribution in [3.05, 3.63) is 58.6 Å². The van der Waals surface area contributed by atoms with E-state index >= 15 is 0 Å². The maximum Gasteiger partial charge on any atom is 0.266 e. The summed E-state index contributed by atoms with van der Waals surface area (Å²) in [6, 6.07) is 12.8. The Kier molecular flexibility index (Phi) is 4.28. The Labute approximate surface area is 144 Å². The van der Waals surface area contributed by atoms with Crippen LogP contribution in [0.15, 0.2) is 47.5 Å². The Bertz CT molecular complexity index is 805. The van der Waals surface area contributed by atoms with E-state index in [9.17, 15) is 4.79 Å². The van der Waals surface area contributed by atoms with E-state index in [2.05, 4.69) is 4.99 Å². The average Bonchev–Trinajstić information content (AvgIpc) is 2.66. The lowest BCUT2D eigenvalue weighted by Gasteiger charge is -2.19. The van der Waals surface area contributed by atoms with Gasteiger partial charge in [-0.15, -0.1) is 0 Å². The predicted molar refractivity (Wildman–Crippen MR) is 93.1 cm³/mol. The highest BCUT2D eigenvalue weighted by Crippen LogP contribution is 2.33. The number of carbonyl (C=O) groups is 1. The number of hydrogen-bond donors (Lipinski definition) is 0. The van der Waals surface area contributed by atoms with E-state index in [1.54, 1.807) is 26.3 Å². The molecule has 0 bridgehead atoms. The Morgan fingerprint density at radius 1 is 1.17 bits per heavy atom. The fraction of sp³-hybridized carbons (Fsp3) is 0.176. The summed E-state index contributed by atoms with van der Waals surface area (Å²) in [5.41, 5.74) is 1.73. The highest BCUT2D eigenvalue weighted by atomic mass is 35.5. The fourth-order valence-corrected chi connectivity index (χ4v) is 2.98. The van der Waals surface area contributed by atoms with Gasteiger partial charge in [-0.1, -0.05) is 41.4 Å². The molecule has 0 radical (unpaired) electrons. The van der Waals surface area contributed by atoms with E-state index in [0.717, 1.165) is 11.1 Å². The van der Waals surface area contributed by atoms with Crippen molar-refractivity contribution in [2.75, 3.05) is 19.1 Å². The normalized spacial score (nSPS) is 17.4. The van der Waals surface area contributed by atoms with E-state index in [4.69, 9.17) is 27.9 Å². The number of nitrogens with zero attached hydrogens (tertiary/aromatic N) is 2. The van der Waals surface area contributed by atoms with E-state index in [-0.39, 0.29) is 5.91 Å². The van der Waals surface area contributed by atoms with Crippen LogP contribution in [0.4, 0.5) is 5.69 Å². The minimum Gasteiger partial charge on any atom is -0.497 e. The van der Waals surface area contributed by atoms with Gasteiger partial charge in [-0.3, -0.25) is 9.79 Å². The maximum atomic E-state index is 12.3. The van der Waals surface area contributed by atoms with Gasteiger partial charge in [0.25, 0.3) is 5.91 Å². The molecule has 1 atom stereocenters. The molecule has 1 heterocycles. The number of carbonyl (C=O) groups excluding carboxylic acids is 1. The molecule has 6 heteroatoms. The second-order valence-electron chi connectivity index (χ2n) is 5.07. The van der Waals surface area contributed by atoms with Crippen molar-refractivity contribution in [2.45, 2.75) is 5.50 Å². The number of amides is 1. The largest absolute Gasteiger partial charge is 0.497 e. The molecule has 0 N–H and O–H groups in total. The molecule has 0 aromatic heterocycles. The molecule has 0 fully saturated rings. The maximum absolute atomic E-state index is 12.3. The number of halogens is 2. The second-order valence-corrected chi connectivity index (χ2v) is 5.89. The molecule has 1 unspecified atom stereocenters. The van der Waals surface area contributed by atoms with Crippen LogP contribution in [0.25, 0.3) is 0 Å². The number of ether oxygens (including phenoxy) is 1. The molecule has 2 aromatic rings. The molecule has 118 valence electrons. The van der Waals surface area contributed by atoms with Gasteiger partial charge >= 0.3 is 0 Å². The molecule has 3 rings (SSSR count). The first-order chi connectivity index (χ1) is 11.0. The van der Waals surface area contributed by atoms with Crippen molar-refractivity contribution in [1.82, 2.24) is 0 Å². The van der Waals surface area contributed by atoms with Gasteiger partial charge in [0, 0.05) is 23.2 Å². The van der Waals surface area contributed by atoms with Gasteiger partial charge in [-0.05, 0) is 24.3 Å². The molecule has 4 nitrogen and oxygen atoms in total. The first-order valence-corrected chi connectivity index (χ1v) is 7.77. The third-order valence-electron chi connectivity index (χ3n) is 3.73. The van der Waals surface area contributed by atoms with Crippen LogP contribution in [0.3, 0.4) is 0 Å². The van der Waals surface area contributed by atoms with Crippen LogP contribution in [0.5, 0.6) is 5.75 Å². The quantitative estimate of drug-likeness (QED) is 0.612. The molecule has 1 amide bonds. The number of alkyl halides is 1. The van der Waals surface area contributed by atoms with Crippen molar-refractivity contribution in [3.63, 3.8) is 0 Å². The standard InChI is InChI=1S/C17H14Cl2N2O2/c1-21-14-8-7-10(23-2)9-12(14)15(20-16(19)17(21)22)11-5-3-4-6-13(11)18/h3-9,16H,1-2H3. The minimum absolute atomic E-state index is 0.292. The van der Waals surface area contributed by atoms with Gasteiger partial charge in [0.2, 0.25) is 5.50 Å². The Hall–Kier alpha value is -2.04. The summed E-state index contributed by atoms with van der Waals surface area (Å²) in [4.78, 5) is 18.3. The van der Waals surface area contributed by atoms with Crippen LogP contribution < -0.4 is 9.64 Å². The first-order valence-electron chi connectivity index (χ1n) is 6.95. The SMILES string of the molecule is COc1ccc2c(c1)C(c1ccccc1Cl)=NC(Cl)C(=O)N2C. The lowest BCUT2D eigenvalue weighted by Crippen LogP contribution is -2.31. The number of benzene rings is 2. The van der Waals surface area contributed by atoms with Gasteiger partial charge in [-0.25, -0.2) is 0 Å². The van der Waals surface area contributed by atoms with Crippen molar-refractivity contribution in [1.29, 1.82) is 0 Å². The molecule has 1 aliphatic heterocycles. The zero-order valence-corrected chi connectivity index (χ0v) is 14.1. The molecule has 0 aliphatic carbocycles. The predicted octanol–water partition coefficient (Wildman–Crippen LogP) is 3.73. The molecule has 2 aromatic carbocycles. The van der Waals surface area contributed by atoms with Crippen LogP contribution in [-0.2, 0) is 4.79 Å². The molecular weight excluding hydrogens is 335 g/mol. The molecule has 0 spiro atoms. The van der Waals surface area contributed by atoms with Crippen LogP contribution in [0.2, 0.25) is 5.02 Å².